The Balaban J connectivity index is 1.77. The number of carbonyl (C=O) groups is 1. The quantitative estimate of drug-likeness (QED) is 0.744. The smallest absolute Gasteiger partial charge is 0.228 e. The highest BCUT2D eigenvalue weighted by atomic mass is 16.2. The molecule has 23 heavy (non-hydrogen) atoms. The number of aromatic nitrogens is 2. The number of aryl methyl sites for hydroxylation is 1. The maximum atomic E-state index is 12.3. The number of anilines is 1. The van der Waals surface area contributed by atoms with Crippen molar-refractivity contribution in [3.8, 4) is 0 Å². The van der Waals surface area contributed by atoms with Crippen molar-refractivity contribution in [1.29, 1.82) is 0 Å². The second-order valence-corrected chi connectivity index (χ2v) is 5.29. The van der Waals surface area contributed by atoms with Crippen LogP contribution in [0.4, 0.5) is 5.69 Å². The Morgan fingerprint density at radius 2 is 1.78 bits per heavy atom. The number of rotatable bonds is 4. The lowest BCUT2D eigenvalue weighted by atomic mass is 10.2. The summed E-state index contributed by atoms with van der Waals surface area (Å²) in [6.45, 7) is 0.427. The topological polar surface area (TPSA) is 55.2 Å². The number of hydrogen-bond acceptors (Lipinski definition) is 3. The van der Waals surface area contributed by atoms with E-state index < -0.39 is 0 Å². The van der Waals surface area contributed by atoms with Crippen LogP contribution in [-0.4, -0.2) is 22.7 Å². The fourth-order valence-electron chi connectivity index (χ4n) is 2.50. The molecule has 0 spiro atoms. The summed E-state index contributed by atoms with van der Waals surface area (Å²) in [7, 11) is 1.76. The predicted molar refractivity (Wildman–Crippen MR) is 90.5 cm³/mol. The van der Waals surface area contributed by atoms with Crippen molar-refractivity contribution in [2.75, 3.05) is 11.9 Å². The summed E-state index contributed by atoms with van der Waals surface area (Å²) in [5, 5.41) is 4.76. The Kier molecular flexibility index (Phi) is 4.19. The van der Waals surface area contributed by atoms with Crippen LogP contribution in [0, 0.1) is 0 Å². The first-order valence-electron chi connectivity index (χ1n) is 7.43. The molecule has 0 aliphatic heterocycles. The minimum Gasteiger partial charge on any atom is -0.315 e. The summed E-state index contributed by atoms with van der Waals surface area (Å²) in [5.74, 6) is 0.000723. The number of amides is 1. The van der Waals surface area contributed by atoms with Gasteiger partial charge in [0.05, 0.1) is 18.3 Å². The third kappa shape index (κ3) is 3.13. The molecule has 5 nitrogen and oxygen atoms in total. The summed E-state index contributed by atoms with van der Waals surface area (Å²) < 4.78 is 1.70. The number of para-hydroxylation sites is 2. The van der Waals surface area contributed by atoms with Crippen molar-refractivity contribution in [3.63, 3.8) is 0 Å². The molecule has 0 fully saturated rings. The molecule has 5 heteroatoms. The molecule has 0 unspecified atom stereocenters. The SMILES string of the molecule is CN(C(=O)CCn1ncc(=O)c2ccccc21)c1ccccc1. The van der Waals surface area contributed by atoms with Gasteiger partial charge >= 0.3 is 0 Å². The largest absolute Gasteiger partial charge is 0.315 e. The first-order chi connectivity index (χ1) is 11.2. The number of hydrogen-bond donors (Lipinski definition) is 0. The fourth-order valence-corrected chi connectivity index (χ4v) is 2.50. The second-order valence-electron chi connectivity index (χ2n) is 5.29. The molecule has 0 aliphatic carbocycles. The van der Waals surface area contributed by atoms with Crippen LogP contribution in [0.5, 0.6) is 0 Å². The number of fused-ring (bicyclic) bond motifs is 1. The van der Waals surface area contributed by atoms with Crippen LogP contribution in [0.15, 0.2) is 65.6 Å². The van der Waals surface area contributed by atoms with Crippen LogP contribution in [0.3, 0.4) is 0 Å². The molecule has 2 aromatic carbocycles. The van der Waals surface area contributed by atoms with Crippen LogP contribution >= 0.6 is 0 Å². The Labute approximate surface area is 133 Å². The molecule has 0 bridgehead atoms. The molecule has 3 rings (SSSR count). The zero-order valence-electron chi connectivity index (χ0n) is 12.8. The van der Waals surface area contributed by atoms with Crippen LogP contribution in [0.1, 0.15) is 6.42 Å². The van der Waals surface area contributed by atoms with Gasteiger partial charge in [-0.2, -0.15) is 5.10 Å². The van der Waals surface area contributed by atoms with Crippen LogP contribution in [-0.2, 0) is 11.3 Å². The predicted octanol–water partition coefficient (Wildman–Crippen LogP) is 2.45. The van der Waals surface area contributed by atoms with Crippen molar-refractivity contribution in [1.82, 2.24) is 9.78 Å². The molecule has 0 radical (unpaired) electrons. The van der Waals surface area contributed by atoms with Crippen molar-refractivity contribution in [3.05, 3.63) is 71.0 Å². The molecule has 0 N–H and O–H groups in total. The molecule has 0 atom stereocenters. The van der Waals surface area contributed by atoms with Gasteiger partial charge in [0.15, 0.2) is 0 Å². The average molecular weight is 307 g/mol. The standard InChI is InChI=1S/C18H17N3O2/c1-20(14-7-3-2-4-8-14)18(23)11-12-21-16-10-6-5-9-15(16)17(22)13-19-21/h2-10,13H,11-12H2,1H3. The van der Waals surface area contributed by atoms with E-state index in [0.29, 0.717) is 18.4 Å². The minimum absolute atomic E-state index is 0.000723. The summed E-state index contributed by atoms with van der Waals surface area (Å²) in [6.07, 6.45) is 1.61. The van der Waals surface area contributed by atoms with Crippen LogP contribution in [0.25, 0.3) is 10.9 Å². The monoisotopic (exact) mass is 307 g/mol. The van der Waals surface area contributed by atoms with E-state index in [1.54, 1.807) is 22.7 Å². The van der Waals surface area contributed by atoms with Crippen molar-refractivity contribution in [2.45, 2.75) is 13.0 Å². The van der Waals surface area contributed by atoms with Gasteiger partial charge in [-0.15, -0.1) is 0 Å². The first kappa shape index (κ1) is 15.0. The van der Waals surface area contributed by atoms with E-state index in [1.165, 1.54) is 6.20 Å². The van der Waals surface area contributed by atoms with E-state index in [9.17, 15) is 9.59 Å². The molecular weight excluding hydrogens is 290 g/mol. The minimum atomic E-state index is -0.107. The van der Waals surface area contributed by atoms with Gasteiger partial charge in [0.1, 0.15) is 0 Å². The van der Waals surface area contributed by atoms with E-state index >= 15 is 0 Å². The van der Waals surface area contributed by atoms with Gasteiger partial charge in [-0.3, -0.25) is 14.3 Å². The molecule has 0 saturated heterocycles. The summed E-state index contributed by atoms with van der Waals surface area (Å²) in [5.41, 5.74) is 1.50. The molecule has 116 valence electrons. The summed E-state index contributed by atoms with van der Waals surface area (Å²) in [4.78, 5) is 25.8. The Bertz CT molecular complexity index is 887. The Hall–Kier alpha value is -2.95. The van der Waals surface area contributed by atoms with Gasteiger partial charge in [0.25, 0.3) is 0 Å². The van der Waals surface area contributed by atoms with Gasteiger partial charge in [-0.25, -0.2) is 0 Å². The maximum absolute atomic E-state index is 12.3. The number of benzene rings is 2. The summed E-state index contributed by atoms with van der Waals surface area (Å²) >= 11 is 0. The number of carbonyl (C=O) groups excluding carboxylic acids is 1. The normalized spacial score (nSPS) is 10.7. The van der Waals surface area contributed by atoms with Gasteiger partial charge < -0.3 is 4.90 Å². The van der Waals surface area contributed by atoms with Crippen molar-refractivity contribution >= 4 is 22.5 Å². The van der Waals surface area contributed by atoms with Crippen molar-refractivity contribution in [2.24, 2.45) is 0 Å². The van der Waals surface area contributed by atoms with Gasteiger partial charge in [0, 0.05) is 24.5 Å². The zero-order chi connectivity index (χ0) is 16.2. The van der Waals surface area contributed by atoms with Crippen molar-refractivity contribution < 1.29 is 4.79 Å². The molecule has 0 saturated carbocycles. The lowest BCUT2D eigenvalue weighted by molar-refractivity contribution is -0.118. The zero-order valence-corrected chi connectivity index (χ0v) is 12.8. The second kappa shape index (κ2) is 6.44. The Morgan fingerprint density at radius 1 is 1.09 bits per heavy atom. The first-order valence-corrected chi connectivity index (χ1v) is 7.43. The third-order valence-corrected chi connectivity index (χ3v) is 3.82. The molecule has 3 aromatic rings. The molecule has 1 heterocycles. The van der Waals surface area contributed by atoms with Gasteiger partial charge in [-0.05, 0) is 24.3 Å². The molecule has 0 aliphatic rings. The highest BCUT2D eigenvalue weighted by Crippen LogP contribution is 2.13. The highest BCUT2D eigenvalue weighted by Gasteiger charge is 2.11. The molecular formula is C18H17N3O2. The van der Waals surface area contributed by atoms with E-state index in [1.807, 2.05) is 48.5 Å². The van der Waals surface area contributed by atoms with E-state index in [-0.39, 0.29) is 11.3 Å². The number of nitrogens with zero attached hydrogens (tertiary/aromatic N) is 3. The third-order valence-electron chi connectivity index (χ3n) is 3.82. The fraction of sp³-hybridized carbons (Fsp3) is 0.167. The average Bonchev–Trinajstić information content (AvgIpc) is 2.61. The lowest BCUT2D eigenvalue weighted by Crippen LogP contribution is -2.27. The Morgan fingerprint density at radius 3 is 2.57 bits per heavy atom. The summed E-state index contributed by atoms with van der Waals surface area (Å²) in [6, 6.07) is 16.8. The van der Waals surface area contributed by atoms with Gasteiger partial charge in [-0.1, -0.05) is 30.3 Å². The molecule has 1 aromatic heterocycles. The molecule has 1 amide bonds. The lowest BCUT2D eigenvalue weighted by Gasteiger charge is -2.17. The highest BCUT2D eigenvalue weighted by molar-refractivity contribution is 5.92. The van der Waals surface area contributed by atoms with Gasteiger partial charge in [0.2, 0.25) is 11.3 Å². The van der Waals surface area contributed by atoms with Crippen LogP contribution in [0.2, 0.25) is 0 Å². The van der Waals surface area contributed by atoms with Crippen LogP contribution < -0.4 is 10.3 Å². The van der Waals surface area contributed by atoms with E-state index in [4.69, 9.17) is 0 Å². The maximum Gasteiger partial charge on any atom is 0.228 e. The van der Waals surface area contributed by atoms with E-state index in [0.717, 1.165) is 11.2 Å². The van der Waals surface area contributed by atoms with E-state index in [2.05, 4.69) is 5.10 Å².